The molecule has 0 aliphatic heterocycles. The van der Waals surface area contributed by atoms with Gasteiger partial charge in [-0.1, -0.05) is 12.2 Å². The summed E-state index contributed by atoms with van der Waals surface area (Å²) in [6, 6.07) is 3.22. The second kappa shape index (κ2) is 11.9. The van der Waals surface area contributed by atoms with Crippen molar-refractivity contribution in [3.05, 3.63) is 23.8 Å². The topological polar surface area (TPSA) is 150 Å². The molecule has 5 N–H and O–H groups in total. The van der Waals surface area contributed by atoms with Crippen molar-refractivity contribution < 1.29 is 42.9 Å². The number of methoxy groups -OCH3 is 2. The maximum Gasteiger partial charge on any atom is 0.472 e. The van der Waals surface area contributed by atoms with Gasteiger partial charge in [-0.3, -0.25) is 9.05 Å². The van der Waals surface area contributed by atoms with Crippen molar-refractivity contribution in [3.63, 3.8) is 0 Å². The highest BCUT2D eigenvalue weighted by molar-refractivity contribution is 7.47. The standard InChI is InChI=1S/C16H26NO9P/c1-22-14-8-12(9-15(23-2)16(14)19)4-3-6-24-13(10-18)11-26-27(20,21)25-7-5-17/h3-4,8-9,13,18-19H,5-7,10-11,17H2,1-2H3,(H,20,21)/b4-3+/t13-/m1/s1. The number of aromatic hydroxyl groups is 1. The van der Waals surface area contributed by atoms with E-state index in [9.17, 15) is 19.7 Å². The largest absolute Gasteiger partial charge is 0.502 e. The summed E-state index contributed by atoms with van der Waals surface area (Å²) in [5, 5.41) is 19.1. The van der Waals surface area contributed by atoms with Crippen molar-refractivity contribution in [1.82, 2.24) is 0 Å². The molecule has 0 radical (unpaired) electrons. The zero-order chi connectivity index (χ0) is 20.3. The van der Waals surface area contributed by atoms with Gasteiger partial charge in [0.25, 0.3) is 0 Å². The fraction of sp³-hybridized carbons (Fsp3) is 0.500. The Labute approximate surface area is 157 Å². The summed E-state index contributed by atoms with van der Waals surface area (Å²) in [6.45, 7) is -0.694. The quantitative estimate of drug-likeness (QED) is 0.347. The molecule has 0 aliphatic carbocycles. The van der Waals surface area contributed by atoms with Gasteiger partial charge in [-0.15, -0.1) is 0 Å². The van der Waals surface area contributed by atoms with Crippen LogP contribution >= 0.6 is 7.82 Å². The normalized spacial score (nSPS) is 14.9. The molecule has 154 valence electrons. The molecule has 11 heteroatoms. The molecule has 0 saturated heterocycles. The van der Waals surface area contributed by atoms with Crippen LogP contribution in [0.5, 0.6) is 17.2 Å². The van der Waals surface area contributed by atoms with Gasteiger partial charge in [0.15, 0.2) is 11.5 Å². The van der Waals surface area contributed by atoms with Crippen LogP contribution in [-0.2, 0) is 18.3 Å². The summed E-state index contributed by atoms with van der Waals surface area (Å²) in [7, 11) is -1.38. The molecule has 10 nitrogen and oxygen atoms in total. The Morgan fingerprint density at radius 2 is 1.85 bits per heavy atom. The summed E-state index contributed by atoms with van der Waals surface area (Å²) >= 11 is 0. The highest BCUT2D eigenvalue weighted by Gasteiger charge is 2.22. The summed E-state index contributed by atoms with van der Waals surface area (Å²) in [5.74, 6) is 0.414. The number of nitrogens with two attached hydrogens (primary N) is 1. The molecular formula is C16H26NO9P. The Kier molecular flexibility index (Phi) is 10.3. The predicted molar refractivity (Wildman–Crippen MR) is 97.9 cm³/mol. The van der Waals surface area contributed by atoms with Crippen molar-refractivity contribution in [1.29, 1.82) is 0 Å². The number of hydrogen-bond donors (Lipinski definition) is 4. The van der Waals surface area contributed by atoms with Crippen LogP contribution < -0.4 is 15.2 Å². The first-order valence-electron chi connectivity index (χ1n) is 8.02. The summed E-state index contributed by atoms with van der Waals surface area (Å²) in [6.07, 6.45) is 2.53. The molecule has 1 rings (SSSR count). The van der Waals surface area contributed by atoms with Gasteiger partial charge in [-0.05, 0) is 17.7 Å². The van der Waals surface area contributed by atoms with Crippen LogP contribution in [0, 0.1) is 0 Å². The predicted octanol–water partition coefficient (Wildman–Crippen LogP) is 0.892. The van der Waals surface area contributed by atoms with E-state index in [4.69, 9.17) is 24.5 Å². The van der Waals surface area contributed by atoms with Crippen molar-refractivity contribution in [2.45, 2.75) is 6.10 Å². The number of rotatable bonds is 13. The summed E-state index contributed by atoms with van der Waals surface area (Å²) < 4.78 is 36.3. The Bertz CT molecular complexity index is 628. The van der Waals surface area contributed by atoms with Gasteiger partial charge < -0.3 is 35.1 Å². The maximum atomic E-state index is 11.5. The van der Waals surface area contributed by atoms with Gasteiger partial charge in [0, 0.05) is 6.54 Å². The number of hydrogen-bond acceptors (Lipinski definition) is 9. The van der Waals surface area contributed by atoms with E-state index in [2.05, 4.69) is 4.52 Å². The molecule has 0 fully saturated rings. The SMILES string of the molecule is COc1cc(/C=C/CO[C@H](CO)COP(=O)(O)OCCN)cc(OC)c1O. The lowest BCUT2D eigenvalue weighted by Crippen LogP contribution is -2.24. The lowest BCUT2D eigenvalue weighted by molar-refractivity contribution is -0.00949. The van der Waals surface area contributed by atoms with Crippen LogP contribution in [0.1, 0.15) is 5.56 Å². The number of benzene rings is 1. The molecule has 1 aromatic carbocycles. The third-order valence-electron chi connectivity index (χ3n) is 3.24. The fourth-order valence-electron chi connectivity index (χ4n) is 1.92. The lowest BCUT2D eigenvalue weighted by atomic mass is 10.1. The number of ether oxygens (including phenoxy) is 3. The minimum atomic E-state index is -4.23. The number of phosphoric ester groups is 1. The van der Waals surface area contributed by atoms with Crippen LogP contribution in [0.3, 0.4) is 0 Å². The lowest BCUT2D eigenvalue weighted by Gasteiger charge is -2.17. The molecule has 1 unspecified atom stereocenters. The van der Waals surface area contributed by atoms with Crippen molar-refractivity contribution >= 4 is 13.9 Å². The van der Waals surface area contributed by atoms with E-state index in [-0.39, 0.29) is 43.6 Å². The minimum Gasteiger partial charge on any atom is -0.502 e. The fourth-order valence-corrected chi connectivity index (χ4v) is 2.69. The summed E-state index contributed by atoms with van der Waals surface area (Å²) in [5.41, 5.74) is 5.87. The molecule has 0 amide bonds. The third-order valence-corrected chi connectivity index (χ3v) is 4.22. The average molecular weight is 407 g/mol. The Morgan fingerprint density at radius 3 is 2.37 bits per heavy atom. The van der Waals surface area contributed by atoms with Crippen LogP contribution in [0.15, 0.2) is 18.2 Å². The zero-order valence-electron chi connectivity index (χ0n) is 15.2. The molecule has 2 atom stereocenters. The Hall–Kier alpha value is -1.65. The van der Waals surface area contributed by atoms with Gasteiger partial charge in [0.2, 0.25) is 5.75 Å². The summed E-state index contributed by atoms with van der Waals surface area (Å²) in [4.78, 5) is 9.39. The van der Waals surface area contributed by atoms with E-state index in [1.54, 1.807) is 24.3 Å². The Morgan fingerprint density at radius 1 is 1.22 bits per heavy atom. The van der Waals surface area contributed by atoms with Crippen LogP contribution in [0.4, 0.5) is 0 Å². The zero-order valence-corrected chi connectivity index (χ0v) is 16.1. The second-order valence-electron chi connectivity index (χ2n) is 5.20. The minimum absolute atomic E-state index is 0.0749. The van der Waals surface area contributed by atoms with E-state index in [1.165, 1.54) is 14.2 Å². The number of aliphatic hydroxyl groups is 1. The molecule has 0 saturated carbocycles. The molecule has 0 spiro atoms. The molecule has 0 aliphatic rings. The molecule has 1 aromatic rings. The van der Waals surface area contributed by atoms with E-state index in [0.29, 0.717) is 5.56 Å². The smallest absolute Gasteiger partial charge is 0.472 e. The first kappa shape index (κ1) is 23.4. The first-order chi connectivity index (χ1) is 12.9. The van der Waals surface area contributed by atoms with Crippen LogP contribution in [0.2, 0.25) is 0 Å². The number of phenols is 1. The van der Waals surface area contributed by atoms with Gasteiger partial charge in [0.05, 0.1) is 40.6 Å². The van der Waals surface area contributed by atoms with E-state index < -0.39 is 20.5 Å². The molecule has 0 bridgehead atoms. The third kappa shape index (κ3) is 8.27. The highest BCUT2D eigenvalue weighted by atomic mass is 31.2. The van der Waals surface area contributed by atoms with Crippen molar-refractivity contribution in [2.75, 3.05) is 47.2 Å². The van der Waals surface area contributed by atoms with Crippen molar-refractivity contribution in [3.8, 4) is 17.2 Å². The molecule has 0 aromatic heterocycles. The second-order valence-corrected chi connectivity index (χ2v) is 6.65. The molecule has 0 heterocycles. The van der Waals surface area contributed by atoms with E-state index in [1.807, 2.05) is 0 Å². The molecular weight excluding hydrogens is 381 g/mol. The highest BCUT2D eigenvalue weighted by Crippen LogP contribution is 2.43. The van der Waals surface area contributed by atoms with Crippen molar-refractivity contribution in [2.24, 2.45) is 5.73 Å². The maximum absolute atomic E-state index is 11.5. The van der Waals surface area contributed by atoms with Gasteiger partial charge >= 0.3 is 7.82 Å². The van der Waals surface area contributed by atoms with Crippen LogP contribution in [-0.4, -0.2) is 68.4 Å². The average Bonchev–Trinajstić information content (AvgIpc) is 2.66. The van der Waals surface area contributed by atoms with Crippen LogP contribution in [0.25, 0.3) is 6.08 Å². The number of phenolic OH excluding ortho intramolecular Hbond substituents is 1. The van der Waals surface area contributed by atoms with Gasteiger partial charge in [0.1, 0.15) is 6.10 Å². The van der Waals surface area contributed by atoms with E-state index in [0.717, 1.165) is 0 Å². The first-order valence-corrected chi connectivity index (χ1v) is 9.52. The van der Waals surface area contributed by atoms with Gasteiger partial charge in [-0.25, -0.2) is 4.57 Å². The molecule has 27 heavy (non-hydrogen) atoms. The monoisotopic (exact) mass is 407 g/mol. The van der Waals surface area contributed by atoms with Gasteiger partial charge in [-0.2, -0.15) is 0 Å². The van der Waals surface area contributed by atoms with E-state index >= 15 is 0 Å². The Balaban J connectivity index is 2.56. The number of phosphoric acid groups is 1. The number of aliphatic hydroxyl groups excluding tert-OH is 1.